The van der Waals surface area contributed by atoms with Crippen LogP contribution in [0.4, 0.5) is 11.6 Å². The van der Waals surface area contributed by atoms with Crippen LogP contribution >= 0.6 is 0 Å². The van der Waals surface area contributed by atoms with Gasteiger partial charge in [-0.25, -0.2) is 9.97 Å². The lowest BCUT2D eigenvalue weighted by Crippen LogP contribution is -2.38. The summed E-state index contributed by atoms with van der Waals surface area (Å²) < 4.78 is 13.4. The van der Waals surface area contributed by atoms with Gasteiger partial charge in [-0.15, -0.1) is 0 Å². The number of benzene rings is 2. The van der Waals surface area contributed by atoms with Crippen LogP contribution in [0.25, 0.3) is 16.5 Å². The van der Waals surface area contributed by atoms with Crippen molar-refractivity contribution in [2.24, 2.45) is 0 Å². The molecule has 2 aromatic carbocycles. The average Bonchev–Trinajstić information content (AvgIpc) is 2.93. The van der Waals surface area contributed by atoms with Gasteiger partial charge in [-0.1, -0.05) is 30.3 Å². The maximum Gasteiger partial charge on any atom is 0.263 e. The van der Waals surface area contributed by atoms with Crippen LogP contribution in [-0.2, 0) is 11.3 Å². The standard InChI is InChI=1S/C29H33N7O3/c1-19-6-5-7-21-16-22(17-32-28-26(20(2)30)27(31)33-18-34-28)36(29(37)25(19)21)23-8-3-4-9-24(23)39-15-12-35-10-13-38-14-11-35/h3-9,16,18,30H,10-15,17H2,1-2H3,(H3,31,32,33,34). The fourth-order valence-corrected chi connectivity index (χ4v) is 4.93. The Bertz CT molecular complexity index is 1560. The van der Waals surface area contributed by atoms with Gasteiger partial charge in [-0.05, 0) is 43.0 Å². The zero-order valence-corrected chi connectivity index (χ0v) is 22.2. The number of hydrogen-bond acceptors (Lipinski definition) is 9. The van der Waals surface area contributed by atoms with Crippen molar-refractivity contribution < 1.29 is 9.47 Å². The first-order chi connectivity index (χ1) is 18.9. The van der Waals surface area contributed by atoms with Crippen LogP contribution in [0.15, 0.2) is 59.7 Å². The van der Waals surface area contributed by atoms with Crippen molar-refractivity contribution in [2.75, 3.05) is 50.5 Å². The Morgan fingerprint density at radius 3 is 2.74 bits per heavy atom. The van der Waals surface area contributed by atoms with Gasteiger partial charge >= 0.3 is 0 Å². The summed E-state index contributed by atoms with van der Waals surface area (Å²) in [5.41, 5.74) is 8.88. The van der Waals surface area contributed by atoms with E-state index in [1.807, 2.05) is 55.5 Å². The quantitative estimate of drug-likeness (QED) is 0.282. The van der Waals surface area contributed by atoms with E-state index in [1.54, 1.807) is 11.5 Å². The predicted octanol–water partition coefficient (Wildman–Crippen LogP) is 3.38. The van der Waals surface area contributed by atoms with Crippen molar-refractivity contribution in [1.82, 2.24) is 19.4 Å². The average molecular weight is 528 g/mol. The molecule has 3 heterocycles. The Kier molecular flexibility index (Phi) is 7.85. The van der Waals surface area contributed by atoms with Crippen LogP contribution in [0.3, 0.4) is 0 Å². The molecule has 10 heteroatoms. The third-order valence-corrected chi connectivity index (χ3v) is 6.89. The lowest BCUT2D eigenvalue weighted by atomic mass is 10.1. The van der Waals surface area contributed by atoms with Crippen LogP contribution in [0.5, 0.6) is 5.75 Å². The molecule has 5 rings (SSSR count). The van der Waals surface area contributed by atoms with Crippen molar-refractivity contribution in [3.8, 4) is 11.4 Å². The SMILES string of the molecule is CC(=N)c1c(N)ncnc1NCc1cc2cccc(C)c2c(=O)n1-c1ccccc1OCCN1CCOCC1. The van der Waals surface area contributed by atoms with Gasteiger partial charge in [-0.3, -0.25) is 14.3 Å². The summed E-state index contributed by atoms with van der Waals surface area (Å²) in [6, 6.07) is 15.4. The summed E-state index contributed by atoms with van der Waals surface area (Å²) in [6.45, 7) is 8.35. The largest absolute Gasteiger partial charge is 0.490 e. The highest BCUT2D eigenvalue weighted by molar-refractivity contribution is 6.04. The van der Waals surface area contributed by atoms with Crippen molar-refractivity contribution >= 4 is 28.1 Å². The predicted molar refractivity (Wildman–Crippen MR) is 153 cm³/mol. The Balaban J connectivity index is 1.54. The Labute approximate surface area is 226 Å². The Morgan fingerprint density at radius 1 is 1.15 bits per heavy atom. The number of anilines is 2. The lowest BCUT2D eigenvalue weighted by molar-refractivity contribution is 0.0322. The van der Waals surface area contributed by atoms with Gasteiger partial charge in [0.15, 0.2) is 0 Å². The minimum absolute atomic E-state index is 0.128. The molecule has 0 bridgehead atoms. The first-order valence-corrected chi connectivity index (χ1v) is 13.0. The molecule has 0 radical (unpaired) electrons. The first-order valence-electron chi connectivity index (χ1n) is 13.0. The maximum absolute atomic E-state index is 14.1. The second-order valence-electron chi connectivity index (χ2n) is 9.55. The zero-order chi connectivity index (χ0) is 27.4. The summed E-state index contributed by atoms with van der Waals surface area (Å²) in [4.78, 5) is 24.7. The molecule has 4 aromatic rings. The number of nitrogens with zero attached hydrogens (tertiary/aromatic N) is 4. The van der Waals surface area contributed by atoms with Gasteiger partial charge in [0.05, 0.1) is 36.4 Å². The van der Waals surface area contributed by atoms with Gasteiger partial charge in [0.1, 0.15) is 30.3 Å². The molecule has 0 atom stereocenters. The number of nitrogens with two attached hydrogens (primary N) is 1. The smallest absolute Gasteiger partial charge is 0.263 e. The molecule has 0 spiro atoms. The summed E-state index contributed by atoms with van der Waals surface area (Å²) >= 11 is 0. The monoisotopic (exact) mass is 527 g/mol. The number of pyridine rings is 1. The summed E-state index contributed by atoms with van der Waals surface area (Å²) in [5.74, 6) is 1.29. The van der Waals surface area contributed by atoms with Crippen LogP contribution in [0.1, 0.15) is 23.7 Å². The summed E-state index contributed by atoms with van der Waals surface area (Å²) in [7, 11) is 0. The first kappa shape index (κ1) is 26.3. The van der Waals surface area contributed by atoms with E-state index in [4.69, 9.17) is 20.6 Å². The van der Waals surface area contributed by atoms with E-state index in [0.717, 1.165) is 43.8 Å². The number of nitrogens with one attached hydrogen (secondary N) is 2. The van der Waals surface area contributed by atoms with Crippen LogP contribution in [-0.4, -0.2) is 64.6 Å². The summed E-state index contributed by atoms with van der Waals surface area (Å²) in [6.07, 6.45) is 1.36. The van der Waals surface area contributed by atoms with Crippen molar-refractivity contribution in [1.29, 1.82) is 5.41 Å². The highest BCUT2D eigenvalue weighted by Crippen LogP contribution is 2.26. The lowest BCUT2D eigenvalue weighted by Gasteiger charge is -2.26. The number of rotatable bonds is 9. The molecule has 0 unspecified atom stereocenters. The van der Waals surface area contributed by atoms with Crippen LogP contribution in [0.2, 0.25) is 0 Å². The second kappa shape index (κ2) is 11.6. The van der Waals surface area contributed by atoms with Gasteiger partial charge in [0.2, 0.25) is 0 Å². The van der Waals surface area contributed by atoms with Crippen molar-refractivity contribution in [3.05, 3.63) is 82.0 Å². The topological polar surface area (TPSA) is 131 Å². The van der Waals surface area contributed by atoms with Crippen molar-refractivity contribution in [2.45, 2.75) is 20.4 Å². The minimum Gasteiger partial charge on any atom is -0.490 e. The molecule has 2 aromatic heterocycles. The maximum atomic E-state index is 14.1. The third-order valence-electron chi connectivity index (χ3n) is 6.89. The van der Waals surface area contributed by atoms with Crippen LogP contribution < -0.4 is 21.3 Å². The highest BCUT2D eigenvalue weighted by Gasteiger charge is 2.18. The number of para-hydroxylation sites is 2. The number of morpholine rings is 1. The van der Waals surface area contributed by atoms with E-state index < -0.39 is 0 Å². The van der Waals surface area contributed by atoms with E-state index >= 15 is 0 Å². The molecule has 202 valence electrons. The normalized spacial score (nSPS) is 13.9. The molecule has 0 saturated carbocycles. The molecule has 4 N–H and O–H groups in total. The Morgan fingerprint density at radius 2 is 1.95 bits per heavy atom. The zero-order valence-electron chi connectivity index (χ0n) is 22.2. The van der Waals surface area contributed by atoms with E-state index in [9.17, 15) is 4.79 Å². The molecule has 0 amide bonds. The van der Waals surface area contributed by atoms with E-state index in [0.29, 0.717) is 40.5 Å². The van der Waals surface area contributed by atoms with Gasteiger partial charge < -0.3 is 25.9 Å². The molecular formula is C29H33N7O3. The number of aryl methyl sites for hydroxylation is 1. The van der Waals surface area contributed by atoms with E-state index in [2.05, 4.69) is 20.2 Å². The second-order valence-corrected chi connectivity index (χ2v) is 9.55. The molecule has 1 saturated heterocycles. The van der Waals surface area contributed by atoms with Crippen molar-refractivity contribution in [3.63, 3.8) is 0 Å². The molecule has 1 aliphatic rings. The van der Waals surface area contributed by atoms with Gasteiger partial charge in [-0.2, -0.15) is 0 Å². The van der Waals surface area contributed by atoms with Gasteiger partial charge in [0, 0.05) is 31.0 Å². The van der Waals surface area contributed by atoms with E-state index in [-0.39, 0.29) is 23.6 Å². The fourth-order valence-electron chi connectivity index (χ4n) is 4.93. The summed E-state index contributed by atoms with van der Waals surface area (Å²) in [5, 5.41) is 12.9. The number of aromatic nitrogens is 3. The molecule has 1 aliphatic heterocycles. The third kappa shape index (κ3) is 5.62. The van der Waals surface area contributed by atoms with Crippen LogP contribution in [0, 0.1) is 12.3 Å². The molecular weight excluding hydrogens is 494 g/mol. The van der Waals surface area contributed by atoms with E-state index in [1.165, 1.54) is 6.33 Å². The Hall–Kier alpha value is -4.28. The number of ether oxygens (including phenoxy) is 2. The fraction of sp³-hybridized carbons (Fsp3) is 0.310. The minimum atomic E-state index is -0.128. The van der Waals surface area contributed by atoms with Gasteiger partial charge in [0.25, 0.3) is 5.56 Å². The number of nitrogen functional groups attached to an aromatic ring is 1. The molecule has 1 fully saturated rings. The highest BCUT2D eigenvalue weighted by atomic mass is 16.5. The number of hydrogen-bond donors (Lipinski definition) is 3. The number of fused-ring (bicyclic) bond motifs is 1. The molecule has 39 heavy (non-hydrogen) atoms. The molecule has 0 aliphatic carbocycles. The molecule has 10 nitrogen and oxygen atoms in total.